The van der Waals surface area contributed by atoms with Crippen LogP contribution in [0.25, 0.3) is 10.1 Å². The van der Waals surface area contributed by atoms with Crippen LogP contribution in [0, 0.1) is 5.92 Å². The Morgan fingerprint density at radius 1 is 1.47 bits per heavy atom. The van der Waals surface area contributed by atoms with Crippen LogP contribution < -0.4 is 0 Å². The van der Waals surface area contributed by atoms with Crippen molar-refractivity contribution in [3.8, 4) is 0 Å². The lowest BCUT2D eigenvalue weighted by atomic mass is 10.0. The number of carboxylic acid groups (broad SMARTS) is 1. The molecule has 0 aliphatic rings. The van der Waals surface area contributed by atoms with E-state index in [1.807, 2.05) is 6.07 Å². The molecule has 0 bridgehead atoms. The monoisotopic (exact) mass is 220 g/mol. The maximum Gasteiger partial charge on any atom is 0.306 e. The lowest BCUT2D eigenvalue weighted by molar-refractivity contribution is -0.141. The van der Waals surface area contributed by atoms with Gasteiger partial charge in [-0.3, -0.25) is 4.79 Å². The van der Waals surface area contributed by atoms with Crippen molar-refractivity contribution in [1.82, 2.24) is 0 Å². The molecule has 2 aromatic rings. The van der Waals surface area contributed by atoms with E-state index in [-0.39, 0.29) is 5.92 Å². The molecule has 0 amide bonds. The van der Waals surface area contributed by atoms with E-state index in [1.165, 1.54) is 10.1 Å². The van der Waals surface area contributed by atoms with Crippen LogP contribution in [-0.2, 0) is 11.2 Å². The number of thiophene rings is 1. The minimum absolute atomic E-state index is 0.318. The second-order valence-corrected chi connectivity index (χ2v) is 4.68. The molecule has 1 atom stereocenters. The molecule has 2 rings (SSSR count). The van der Waals surface area contributed by atoms with Gasteiger partial charge >= 0.3 is 5.97 Å². The Morgan fingerprint density at radius 2 is 2.27 bits per heavy atom. The first-order valence-electron chi connectivity index (χ1n) is 4.86. The Kier molecular flexibility index (Phi) is 2.73. The van der Waals surface area contributed by atoms with Gasteiger partial charge in [-0.15, -0.1) is 11.3 Å². The second kappa shape index (κ2) is 4.03. The lowest BCUT2D eigenvalue weighted by Gasteiger charge is -2.05. The summed E-state index contributed by atoms with van der Waals surface area (Å²) >= 11 is 1.70. The van der Waals surface area contributed by atoms with E-state index in [0.717, 1.165) is 5.56 Å². The van der Waals surface area contributed by atoms with Crippen molar-refractivity contribution in [2.75, 3.05) is 0 Å². The SMILES string of the molecule is CC(Cc1ccc2sccc2c1)C(=O)O. The molecule has 0 fully saturated rings. The Balaban J connectivity index is 2.24. The first-order valence-corrected chi connectivity index (χ1v) is 5.74. The van der Waals surface area contributed by atoms with Crippen LogP contribution in [0.3, 0.4) is 0 Å². The Labute approximate surface area is 92.2 Å². The zero-order chi connectivity index (χ0) is 10.8. The van der Waals surface area contributed by atoms with Crippen molar-refractivity contribution in [3.05, 3.63) is 35.2 Å². The zero-order valence-electron chi connectivity index (χ0n) is 8.43. The highest BCUT2D eigenvalue weighted by Gasteiger charge is 2.11. The maximum absolute atomic E-state index is 10.7. The number of hydrogen-bond acceptors (Lipinski definition) is 2. The van der Waals surface area contributed by atoms with Gasteiger partial charge in [0.05, 0.1) is 5.92 Å². The standard InChI is InChI=1S/C12H12O2S/c1-8(12(13)14)6-9-2-3-11-10(7-9)4-5-15-11/h2-5,7-8H,6H2,1H3,(H,13,14). The van der Waals surface area contributed by atoms with Crippen molar-refractivity contribution in [3.63, 3.8) is 0 Å². The first-order chi connectivity index (χ1) is 7.16. The summed E-state index contributed by atoms with van der Waals surface area (Å²) in [6.07, 6.45) is 0.598. The maximum atomic E-state index is 10.7. The molecule has 1 aromatic carbocycles. The molecule has 0 radical (unpaired) electrons. The van der Waals surface area contributed by atoms with Gasteiger partial charge < -0.3 is 5.11 Å². The predicted octanol–water partition coefficient (Wildman–Crippen LogP) is 3.16. The molecule has 3 heteroatoms. The van der Waals surface area contributed by atoms with Gasteiger partial charge in [0.25, 0.3) is 0 Å². The second-order valence-electron chi connectivity index (χ2n) is 3.74. The molecule has 1 N–H and O–H groups in total. The van der Waals surface area contributed by atoms with Crippen LogP contribution >= 0.6 is 11.3 Å². The van der Waals surface area contributed by atoms with E-state index < -0.39 is 5.97 Å². The summed E-state index contributed by atoms with van der Waals surface area (Å²) in [5, 5.41) is 12.1. The summed E-state index contributed by atoms with van der Waals surface area (Å²) in [4.78, 5) is 10.7. The van der Waals surface area contributed by atoms with E-state index in [1.54, 1.807) is 18.3 Å². The zero-order valence-corrected chi connectivity index (χ0v) is 9.25. The van der Waals surface area contributed by atoms with Crippen molar-refractivity contribution in [1.29, 1.82) is 0 Å². The van der Waals surface area contributed by atoms with Crippen molar-refractivity contribution in [2.45, 2.75) is 13.3 Å². The highest BCUT2D eigenvalue weighted by molar-refractivity contribution is 7.17. The number of hydrogen-bond donors (Lipinski definition) is 1. The Hall–Kier alpha value is -1.35. The number of rotatable bonds is 3. The first kappa shape index (κ1) is 10.2. The molecule has 1 heterocycles. The van der Waals surface area contributed by atoms with Crippen LogP contribution in [0.1, 0.15) is 12.5 Å². The van der Waals surface area contributed by atoms with E-state index in [0.29, 0.717) is 6.42 Å². The van der Waals surface area contributed by atoms with Gasteiger partial charge in [0, 0.05) is 4.70 Å². The molecule has 1 unspecified atom stereocenters. The van der Waals surface area contributed by atoms with Gasteiger partial charge in [0.2, 0.25) is 0 Å². The van der Waals surface area contributed by atoms with Crippen LogP contribution in [0.15, 0.2) is 29.6 Å². The third kappa shape index (κ3) is 2.18. The normalized spacial score (nSPS) is 12.9. The molecular weight excluding hydrogens is 208 g/mol. The predicted molar refractivity (Wildman–Crippen MR) is 62.3 cm³/mol. The molecule has 0 saturated heterocycles. The number of aliphatic carboxylic acids is 1. The average Bonchev–Trinajstić information content (AvgIpc) is 2.64. The van der Waals surface area contributed by atoms with Gasteiger partial charge in [-0.2, -0.15) is 0 Å². The van der Waals surface area contributed by atoms with Crippen LogP contribution in [0.4, 0.5) is 0 Å². The topological polar surface area (TPSA) is 37.3 Å². The summed E-state index contributed by atoms with van der Waals surface area (Å²) in [5.74, 6) is -1.05. The number of fused-ring (bicyclic) bond motifs is 1. The van der Waals surface area contributed by atoms with Crippen molar-refractivity contribution < 1.29 is 9.90 Å². The third-order valence-electron chi connectivity index (χ3n) is 2.48. The fraction of sp³-hybridized carbons (Fsp3) is 0.250. The van der Waals surface area contributed by atoms with E-state index >= 15 is 0 Å². The van der Waals surface area contributed by atoms with Gasteiger partial charge in [0.1, 0.15) is 0 Å². The minimum Gasteiger partial charge on any atom is -0.481 e. The molecule has 0 aliphatic carbocycles. The molecule has 15 heavy (non-hydrogen) atoms. The van der Waals surface area contributed by atoms with Gasteiger partial charge in [0.15, 0.2) is 0 Å². The number of carboxylic acids is 1. The highest BCUT2D eigenvalue weighted by atomic mass is 32.1. The minimum atomic E-state index is -0.736. The molecule has 0 saturated carbocycles. The smallest absolute Gasteiger partial charge is 0.306 e. The fourth-order valence-corrected chi connectivity index (χ4v) is 2.35. The van der Waals surface area contributed by atoms with Crippen molar-refractivity contribution in [2.24, 2.45) is 5.92 Å². The van der Waals surface area contributed by atoms with E-state index in [4.69, 9.17) is 5.11 Å². The van der Waals surface area contributed by atoms with E-state index in [9.17, 15) is 4.79 Å². The average molecular weight is 220 g/mol. The molecule has 78 valence electrons. The Morgan fingerprint density at radius 3 is 3.00 bits per heavy atom. The highest BCUT2D eigenvalue weighted by Crippen LogP contribution is 2.22. The van der Waals surface area contributed by atoms with Gasteiger partial charge in [-0.05, 0) is 34.9 Å². The van der Waals surface area contributed by atoms with E-state index in [2.05, 4.69) is 23.6 Å². The molecular formula is C12H12O2S. The van der Waals surface area contributed by atoms with Crippen molar-refractivity contribution >= 4 is 27.4 Å². The summed E-state index contributed by atoms with van der Waals surface area (Å²) in [5.41, 5.74) is 1.09. The number of carbonyl (C=O) groups is 1. The third-order valence-corrected chi connectivity index (χ3v) is 3.38. The molecule has 2 nitrogen and oxygen atoms in total. The van der Waals surface area contributed by atoms with Crippen LogP contribution in [0.2, 0.25) is 0 Å². The summed E-state index contributed by atoms with van der Waals surface area (Å²) in [6.45, 7) is 1.74. The quantitative estimate of drug-likeness (QED) is 0.862. The van der Waals surface area contributed by atoms with Gasteiger partial charge in [-0.1, -0.05) is 19.1 Å². The molecule has 0 aliphatic heterocycles. The fourth-order valence-electron chi connectivity index (χ4n) is 1.58. The lowest BCUT2D eigenvalue weighted by Crippen LogP contribution is -2.12. The number of benzene rings is 1. The van der Waals surface area contributed by atoms with Crippen LogP contribution in [0.5, 0.6) is 0 Å². The Bertz CT molecular complexity index is 487. The summed E-state index contributed by atoms with van der Waals surface area (Å²) in [6, 6.07) is 8.21. The molecule has 1 aromatic heterocycles. The largest absolute Gasteiger partial charge is 0.481 e. The molecule has 0 spiro atoms. The van der Waals surface area contributed by atoms with Crippen LogP contribution in [-0.4, -0.2) is 11.1 Å². The summed E-state index contributed by atoms with van der Waals surface area (Å²) < 4.78 is 1.25. The van der Waals surface area contributed by atoms with Gasteiger partial charge in [-0.25, -0.2) is 0 Å². The summed E-state index contributed by atoms with van der Waals surface area (Å²) in [7, 11) is 0.